The Labute approximate surface area is 180 Å². The van der Waals surface area contributed by atoms with Gasteiger partial charge in [0.2, 0.25) is 16.0 Å². The van der Waals surface area contributed by atoms with Crippen molar-refractivity contribution >= 4 is 44.1 Å². The van der Waals surface area contributed by atoms with Crippen molar-refractivity contribution < 1.29 is 8.42 Å². The standard InChI is InChI=1S/C21H23N7O2S/c1-13-11-15(5-8-19(13)31(22,29)30)24-21-23-10-9-20(25-21)27(3)16-6-7-17-14(2)28(4)26-18(17)12-16/h5-12H,1-4H3,(H2,22,29,30)(H,23,24,25). The number of fused-ring (bicyclic) bond motifs is 1. The first-order valence-electron chi connectivity index (χ1n) is 9.54. The van der Waals surface area contributed by atoms with Gasteiger partial charge < -0.3 is 10.2 Å². The molecule has 0 aliphatic heterocycles. The number of nitrogens with two attached hydrogens (primary N) is 1. The van der Waals surface area contributed by atoms with Gasteiger partial charge in [0.05, 0.1) is 10.4 Å². The predicted octanol–water partition coefficient (Wildman–Crippen LogP) is 3.14. The van der Waals surface area contributed by atoms with Gasteiger partial charge in [-0.1, -0.05) is 0 Å². The predicted molar refractivity (Wildman–Crippen MR) is 121 cm³/mol. The summed E-state index contributed by atoms with van der Waals surface area (Å²) in [6.45, 7) is 3.73. The number of anilines is 4. The van der Waals surface area contributed by atoms with E-state index in [1.54, 1.807) is 25.3 Å². The molecule has 31 heavy (non-hydrogen) atoms. The van der Waals surface area contributed by atoms with E-state index in [4.69, 9.17) is 5.14 Å². The average molecular weight is 438 g/mol. The summed E-state index contributed by atoms with van der Waals surface area (Å²) in [5.74, 6) is 1.09. The van der Waals surface area contributed by atoms with Crippen molar-refractivity contribution in [1.29, 1.82) is 0 Å². The largest absolute Gasteiger partial charge is 0.329 e. The second kappa shape index (κ2) is 7.64. The summed E-state index contributed by atoms with van der Waals surface area (Å²) in [6, 6.07) is 12.7. The fourth-order valence-corrected chi connectivity index (χ4v) is 4.20. The number of rotatable bonds is 5. The summed E-state index contributed by atoms with van der Waals surface area (Å²) < 4.78 is 25.1. The minimum atomic E-state index is -3.76. The van der Waals surface area contributed by atoms with Gasteiger partial charge in [-0.3, -0.25) is 4.68 Å². The highest BCUT2D eigenvalue weighted by atomic mass is 32.2. The monoisotopic (exact) mass is 437 g/mol. The van der Waals surface area contributed by atoms with Crippen molar-refractivity contribution in [2.24, 2.45) is 12.2 Å². The van der Waals surface area contributed by atoms with Crippen molar-refractivity contribution in [3.8, 4) is 0 Å². The molecule has 3 N–H and O–H groups in total. The molecule has 0 saturated carbocycles. The molecule has 0 unspecified atom stereocenters. The first-order valence-corrected chi connectivity index (χ1v) is 11.1. The Bertz CT molecular complexity index is 1400. The Morgan fingerprint density at radius 3 is 2.58 bits per heavy atom. The summed E-state index contributed by atoms with van der Waals surface area (Å²) in [7, 11) is 0.0926. The third kappa shape index (κ3) is 4.07. The van der Waals surface area contributed by atoms with Gasteiger partial charge in [0.25, 0.3) is 0 Å². The van der Waals surface area contributed by atoms with Crippen molar-refractivity contribution in [1.82, 2.24) is 19.7 Å². The number of aromatic nitrogens is 4. The highest BCUT2D eigenvalue weighted by molar-refractivity contribution is 7.89. The van der Waals surface area contributed by atoms with Crippen LogP contribution in [0.3, 0.4) is 0 Å². The molecular weight excluding hydrogens is 414 g/mol. The van der Waals surface area contributed by atoms with E-state index in [0.717, 1.165) is 22.3 Å². The van der Waals surface area contributed by atoms with Crippen LogP contribution in [0.1, 0.15) is 11.3 Å². The average Bonchev–Trinajstić information content (AvgIpc) is 3.00. The second-order valence-corrected chi connectivity index (χ2v) is 8.89. The number of nitrogens with zero attached hydrogens (tertiary/aromatic N) is 5. The number of hydrogen-bond acceptors (Lipinski definition) is 7. The topological polar surface area (TPSA) is 119 Å². The van der Waals surface area contributed by atoms with Gasteiger partial charge in [-0.2, -0.15) is 10.1 Å². The zero-order valence-corrected chi connectivity index (χ0v) is 18.5. The van der Waals surface area contributed by atoms with E-state index >= 15 is 0 Å². The molecule has 0 bridgehead atoms. The molecule has 0 spiro atoms. The molecule has 4 rings (SSSR count). The van der Waals surface area contributed by atoms with Crippen LogP contribution in [0.5, 0.6) is 0 Å². The molecule has 2 aromatic carbocycles. The lowest BCUT2D eigenvalue weighted by molar-refractivity contribution is 0.597. The lowest BCUT2D eigenvalue weighted by atomic mass is 10.2. The summed E-state index contributed by atoms with van der Waals surface area (Å²) in [5, 5.41) is 14.0. The molecule has 2 heterocycles. The lowest BCUT2D eigenvalue weighted by Crippen LogP contribution is -2.14. The van der Waals surface area contributed by atoms with E-state index in [2.05, 4.69) is 26.4 Å². The number of primary sulfonamides is 1. The van der Waals surface area contributed by atoms with Crippen LogP contribution in [0.25, 0.3) is 10.9 Å². The van der Waals surface area contributed by atoms with E-state index in [9.17, 15) is 8.42 Å². The number of hydrogen-bond donors (Lipinski definition) is 2. The minimum Gasteiger partial charge on any atom is -0.329 e. The highest BCUT2D eigenvalue weighted by Gasteiger charge is 2.13. The maximum Gasteiger partial charge on any atom is 0.238 e. The zero-order valence-electron chi connectivity index (χ0n) is 17.7. The van der Waals surface area contributed by atoms with Crippen molar-refractivity contribution in [3.05, 3.63) is 59.9 Å². The van der Waals surface area contributed by atoms with Gasteiger partial charge in [-0.25, -0.2) is 18.5 Å². The van der Waals surface area contributed by atoms with Crippen LogP contribution in [0.4, 0.5) is 23.1 Å². The SMILES string of the molecule is Cc1cc(Nc2nccc(N(C)c3ccc4c(C)n(C)nc4c3)n2)ccc1S(N)(=O)=O. The maximum absolute atomic E-state index is 11.6. The van der Waals surface area contributed by atoms with Crippen LogP contribution >= 0.6 is 0 Å². The van der Waals surface area contributed by atoms with Crippen LogP contribution < -0.4 is 15.4 Å². The first kappa shape index (κ1) is 20.8. The molecule has 160 valence electrons. The highest BCUT2D eigenvalue weighted by Crippen LogP contribution is 2.28. The van der Waals surface area contributed by atoms with Gasteiger partial charge in [0, 0.05) is 42.7 Å². The molecule has 0 amide bonds. The number of nitrogens with one attached hydrogen (secondary N) is 1. The van der Waals surface area contributed by atoms with Gasteiger partial charge in [0.1, 0.15) is 5.82 Å². The lowest BCUT2D eigenvalue weighted by Gasteiger charge is -2.19. The van der Waals surface area contributed by atoms with E-state index in [1.165, 1.54) is 6.07 Å². The van der Waals surface area contributed by atoms with Crippen LogP contribution in [-0.2, 0) is 17.1 Å². The van der Waals surface area contributed by atoms with Crippen LogP contribution in [0.2, 0.25) is 0 Å². The van der Waals surface area contributed by atoms with E-state index in [0.29, 0.717) is 23.0 Å². The number of benzene rings is 2. The van der Waals surface area contributed by atoms with Crippen LogP contribution in [0.15, 0.2) is 53.6 Å². The fourth-order valence-electron chi connectivity index (χ4n) is 3.43. The number of sulfonamides is 1. The first-order chi connectivity index (χ1) is 14.6. The Morgan fingerprint density at radius 1 is 1.10 bits per heavy atom. The molecule has 10 heteroatoms. The van der Waals surface area contributed by atoms with Gasteiger partial charge in [0.15, 0.2) is 0 Å². The summed E-state index contributed by atoms with van der Waals surface area (Å²) in [6.07, 6.45) is 1.66. The molecule has 0 radical (unpaired) electrons. The van der Waals surface area contributed by atoms with E-state index in [-0.39, 0.29) is 4.90 Å². The van der Waals surface area contributed by atoms with Gasteiger partial charge in [-0.05, 0) is 61.9 Å². The van der Waals surface area contributed by atoms with Crippen molar-refractivity contribution in [2.45, 2.75) is 18.7 Å². The van der Waals surface area contributed by atoms with Crippen molar-refractivity contribution in [3.63, 3.8) is 0 Å². The minimum absolute atomic E-state index is 0.0904. The summed E-state index contributed by atoms with van der Waals surface area (Å²) in [5.41, 5.74) is 4.18. The summed E-state index contributed by atoms with van der Waals surface area (Å²) in [4.78, 5) is 10.9. The second-order valence-electron chi connectivity index (χ2n) is 7.36. The van der Waals surface area contributed by atoms with E-state index < -0.39 is 10.0 Å². The third-order valence-electron chi connectivity index (χ3n) is 5.22. The maximum atomic E-state index is 11.6. The molecule has 0 atom stereocenters. The molecule has 0 aliphatic carbocycles. The Hall–Kier alpha value is -3.50. The summed E-state index contributed by atoms with van der Waals surface area (Å²) >= 11 is 0. The quantitative estimate of drug-likeness (QED) is 0.492. The molecular formula is C21H23N7O2S. The number of aryl methyl sites for hydroxylation is 3. The van der Waals surface area contributed by atoms with E-state index in [1.807, 2.05) is 48.8 Å². The molecule has 0 aliphatic rings. The fraction of sp³-hybridized carbons (Fsp3) is 0.190. The third-order valence-corrected chi connectivity index (χ3v) is 6.29. The van der Waals surface area contributed by atoms with Crippen LogP contribution in [-0.4, -0.2) is 35.2 Å². The van der Waals surface area contributed by atoms with Gasteiger partial charge in [-0.15, -0.1) is 0 Å². The molecule has 0 fully saturated rings. The Balaban J connectivity index is 1.60. The Morgan fingerprint density at radius 2 is 1.87 bits per heavy atom. The molecule has 2 aromatic heterocycles. The molecule has 9 nitrogen and oxygen atoms in total. The zero-order chi connectivity index (χ0) is 22.3. The molecule has 4 aromatic rings. The Kier molecular flexibility index (Phi) is 5.11. The normalized spacial score (nSPS) is 11.6. The smallest absolute Gasteiger partial charge is 0.238 e. The van der Waals surface area contributed by atoms with Crippen LogP contribution in [0, 0.1) is 13.8 Å². The van der Waals surface area contributed by atoms with Gasteiger partial charge >= 0.3 is 0 Å². The molecule has 0 saturated heterocycles. The van der Waals surface area contributed by atoms with Crippen molar-refractivity contribution in [2.75, 3.05) is 17.3 Å².